The molecule has 2 aromatic carbocycles. The normalized spacial score (nSPS) is 11.9. The van der Waals surface area contributed by atoms with Crippen molar-refractivity contribution in [1.29, 1.82) is 0 Å². The number of carbonyl (C=O) groups is 1. The molecule has 0 bridgehead atoms. The van der Waals surface area contributed by atoms with Crippen LogP contribution in [-0.2, 0) is 4.74 Å². The summed E-state index contributed by atoms with van der Waals surface area (Å²) in [6.07, 6.45) is 6.67. The van der Waals surface area contributed by atoms with Crippen molar-refractivity contribution >= 4 is 5.78 Å². The number of rotatable bonds is 14. The van der Waals surface area contributed by atoms with E-state index in [1.807, 2.05) is 18.2 Å². The average molecular weight is 385 g/mol. The summed E-state index contributed by atoms with van der Waals surface area (Å²) in [7, 11) is 0. The molecule has 0 saturated carbocycles. The molecule has 0 aliphatic heterocycles. The number of hydrogen-bond donors (Lipinski definition) is 1. The summed E-state index contributed by atoms with van der Waals surface area (Å²) in [4.78, 5) is 12.4. The lowest BCUT2D eigenvalue weighted by atomic mass is 10.0. The van der Waals surface area contributed by atoms with Gasteiger partial charge in [0, 0.05) is 17.7 Å². The number of hydrogen-bond acceptors (Lipinski definition) is 4. The van der Waals surface area contributed by atoms with Crippen LogP contribution in [0.4, 0.5) is 0 Å². The van der Waals surface area contributed by atoms with Gasteiger partial charge in [-0.25, -0.2) is 0 Å². The molecule has 0 amide bonds. The van der Waals surface area contributed by atoms with Crippen molar-refractivity contribution in [3.63, 3.8) is 0 Å². The molecule has 0 spiro atoms. The Bertz CT molecular complexity index is 667. The number of ketones is 1. The van der Waals surface area contributed by atoms with Crippen molar-refractivity contribution in [2.24, 2.45) is 0 Å². The fourth-order valence-corrected chi connectivity index (χ4v) is 2.90. The second-order valence-corrected chi connectivity index (χ2v) is 7.03. The zero-order valence-electron chi connectivity index (χ0n) is 16.8. The van der Waals surface area contributed by atoms with Gasteiger partial charge >= 0.3 is 0 Å². The minimum absolute atomic E-state index is 0.0183. The maximum Gasteiger partial charge on any atom is 0.193 e. The fourth-order valence-electron chi connectivity index (χ4n) is 2.90. The molecule has 0 heterocycles. The third kappa shape index (κ3) is 8.24. The van der Waals surface area contributed by atoms with Crippen LogP contribution in [0.25, 0.3) is 0 Å². The van der Waals surface area contributed by atoms with Crippen molar-refractivity contribution < 1.29 is 19.4 Å². The van der Waals surface area contributed by atoms with E-state index in [0.717, 1.165) is 6.42 Å². The molecule has 2 aromatic rings. The Hall–Kier alpha value is -2.17. The van der Waals surface area contributed by atoms with Crippen molar-refractivity contribution in [2.45, 2.75) is 51.6 Å². The average Bonchev–Trinajstić information content (AvgIpc) is 2.74. The van der Waals surface area contributed by atoms with Gasteiger partial charge in [0.2, 0.25) is 0 Å². The van der Waals surface area contributed by atoms with Crippen LogP contribution >= 0.6 is 0 Å². The van der Waals surface area contributed by atoms with Gasteiger partial charge in [0.15, 0.2) is 5.78 Å². The maximum atomic E-state index is 12.4. The fraction of sp³-hybridized carbons (Fsp3) is 0.458. The van der Waals surface area contributed by atoms with Gasteiger partial charge in [0.05, 0.1) is 6.61 Å². The molecule has 1 atom stereocenters. The monoisotopic (exact) mass is 384 g/mol. The summed E-state index contributed by atoms with van der Waals surface area (Å²) in [6.45, 7) is 3.34. The lowest BCUT2D eigenvalue weighted by molar-refractivity contribution is 0.0109. The number of carbonyl (C=O) groups excluding carboxylic acids is 1. The highest BCUT2D eigenvalue weighted by Crippen LogP contribution is 2.16. The second-order valence-electron chi connectivity index (χ2n) is 7.03. The molecular weight excluding hydrogens is 352 g/mol. The highest BCUT2D eigenvalue weighted by molar-refractivity contribution is 6.08. The van der Waals surface area contributed by atoms with Crippen LogP contribution in [0.5, 0.6) is 5.75 Å². The predicted octanol–water partition coefficient (Wildman–Crippen LogP) is 5.03. The minimum atomic E-state index is -0.661. The standard InChI is InChI=1S/C24H32O4/c1-2-3-4-5-6-10-17-27-18-22(25)19-28-23-15-13-21(14-16-23)24(26)20-11-8-7-9-12-20/h7-9,11-16,22,25H,2-6,10,17-19H2,1H3. The molecule has 0 aliphatic carbocycles. The third-order valence-electron chi connectivity index (χ3n) is 4.55. The maximum absolute atomic E-state index is 12.4. The van der Waals surface area contributed by atoms with Crippen LogP contribution in [0.2, 0.25) is 0 Å². The molecule has 2 rings (SSSR count). The molecule has 152 valence electrons. The van der Waals surface area contributed by atoms with Gasteiger partial charge in [-0.3, -0.25) is 4.79 Å². The Morgan fingerprint density at radius 1 is 0.857 bits per heavy atom. The van der Waals surface area contributed by atoms with E-state index in [9.17, 15) is 9.90 Å². The largest absolute Gasteiger partial charge is 0.491 e. The van der Waals surface area contributed by atoms with Crippen LogP contribution in [0.15, 0.2) is 54.6 Å². The number of ether oxygens (including phenoxy) is 2. The van der Waals surface area contributed by atoms with E-state index in [1.54, 1.807) is 36.4 Å². The molecule has 0 saturated heterocycles. The van der Waals surface area contributed by atoms with Gasteiger partial charge < -0.3 is 14.6 Å². The zero-order chi connectivity index (χ0) is 20.0. The SMILES string of the molecule is CCCCCCCCOCC(O)COc1ccc(C(=O)c2ccccc2)cc1. The van der Waals surface area contributed by atoms with E-state index in [-0.39, 0.29) is 19.0 Å². The molecule has 1 N–H and O–H groups in total. The van der Waals surface area contributed by atoms with E-state index >= 15 is 0 Å². The lowest BCUT2D eigenvalue weighted by Gasteiger charge is -2.13. The Labute approximate surface area is 168 Å². The summed E-state index contributed by atoms with van der Waals surface area (Å²) in [5.74, 6) is 0.606. The molecule has 0 radical (unpaired) electrons. The Balaban J connectivity index is 1.62. The number of unbranched alkanes of at least 4 members (excludes halogenated alkanes) is 5. The smallest absolute Gasteiger partial charge is 0.193 e. The molecule has 28 heavy (non-hydrogen) atoms. The first-order chi connectivity index (χ1) is 13.7. The highest BCUT2D eigenvalue weighted by Gasteiger charge is 2.09. The first kappa shape index (κ1) is 22.1. The van der Waals surface area contributed by atoms with Gasteiger partial charge in [-0.15, -0.1) is 0 Å². The summed E-state index contributed by atoms with van der Waals surface area (Å²) < 4.78 is 11.1. The number of benzene rings is 2. The van der Waals surface area contributed by atoms with Crippen LogP contribution in [0, 0.1) is 0 Å². The van der Waals surface area contributed by atoms with Gasteiger partial charge in [-0.05, 0) is 30.7 Å². The highest BCUT2D eigenvalue weighted by atomic mass is 16.5. The Morgan fingerprint density at radius 3 is 2.21 bits per heavy atom. The summed E-state index contributed by atoms with van der Waals surface area (Å²) in [5, 5.41) is 9.97. The van der Waals surface area contributed by atoms with E-state index in [0.29, 0.717) is 23.5 Å². The molecule has 0 aliphatic rings. The summed E-state index contributed by atoms with van der Waals surface area (Å²) in [6, 6.07) is 16.2. The summed E-state index contributed by atoms with van der Waals surface area (Å²) in [5.41, 5.74) is 1.27. The zero-order valence-corrected chi connectivity index (χ0v) is 16.8. The van der Waals surface area contributed by atoms with Crippen molar-refractivity contribution in [3.05, 3.63) is 65.7 Å². The van der Waals surface area contributed by atoms with E-state index in [4.69, 9.17) is 9.47 Å². The third-order valence-corrected chi connectivity index (χ3v) is 4.55. The van der Waals surface area contributed by atoms with Crippen LogP contribution in [0.1, 0.15) is 61.4 Å². The molecule has 4 nitrogen and oxygen atoms in total. The lowest BCUT2D eigenvalue weighted by Crippen LogP contribution is -2.23. The molecule has 4 heteroatoms. The quantitative estimate of drug-likeness (QED) is 0.366. The molecule has 1 unspecified atom stereocenters. The Morgan fingerprint density at radius 2 is 1.50 bits per heavy atom. The van der Waals surface area contributed by atoms with Gasteiger partial charge in [0.25, 0.3) is 0 Å². The first-order valence-corrected chi connectivity index (χ1v) is 10.3. The van der Waals surface area contributed by atoms with E-state index in [1.165, 1.54) is 32.1 Å². The van der Waals surface area contributed by atoms with Crippen LogP contribution in [-0.4, -0.2) is 36.8 Å². The Kier molecular flexibility index (Phi) is 10.3. The topological polar surface area (TPSA) is 55.8 Å². The second kappa shape index (κ2) is 13.1. The number of aliphatic hydroxyl groups is 1. The predicted molar refractivity (Wildman–Crippen MR) is 112 cm³/mol. The van der Waals surface area contributed by atoms with Crippen molar-refractivity contribution in [3.8, 4) is 5.75 Å². The molecule has 0 fully saturated rings. The van der Waals surface area contributed by atoms with Crippen LogP contribution < -0.4 is 4.74 Å². The van der Waals surface area contributed by atoms with Crippen LogP contribution in [0.3, 0.4) is 0 Å². The van der Waals surface area contributed by atoms with Gasteiger partial charge in [0.1, 0.15) is 18.5 Å². The van der Waals surface area contributed by atoms with Crippen molar-refractivity contribution in [1.82, 2.24) is 0 Å². The number of aliphatic hydroxyl groups excluding tert-OH is 1. The minimum Gasteiger partial charge on any atom is -0.491 e. The van der Waals surface area contributed by atoms with Gasteiger partial charge in [-0.2, -0.15) is 0 Å². The summed E-state index contributed by atoms with van der Waals surface area (Å²) >= 11 is 0. The van der Waals surface area contributed by atoms with Gasteiger partial charge in [-0.1, -0.05) is 69.4 Å². The molecule has 0 aromatic heterocycles. The van der Waals surface area contributed by atoms with E-state index < -0.39 is 6.10 Å². The van der Waals surface area contributed by atoms with Crippen molar-refractivity contribution in [2.75, 3.05) is 19.8 Å². The van der Waals surface area contributed by atoms with E-state index in [2.05, 4.69) is 6.92 Å². The molecular formula is C24H32O4. The first-order valence-electron chi connectivity index (χ1n) is 10.3.